The number of nitrogens with one attached hydrogen (secondary N) is 1. The van der Waals surface area contributed by atoms with Crippen molar-refractivity contribution in [1.82, 2.24) is 19.4 Å². The zero-order valence-corrected chi connectivity index (χ0v) is 13.2. The Hall–Kier alpha value is -2.63. The SMILES string of the molecule is CCC(=O)Nc1ccc(-c2nn(C)c3c(C)c(C)nn23)cc1. The second-order valence-corrected chi connectivity index (χ2v) is 5.37. The summed E-state index contributed by atoms with van der Waals surface area (Å²) in [4.78, 5) is 11.4. The highest BCUT2D eigenvalue weighted by atomic mass is 16.1. The Bertz CT molecular complexity index is 842. The molecule has 1 aromatic carbocycles. The summed E-state index contributed by atoms with van der Waals surface area (Å²) < 4.78 is 3.71. The van der Waals surface area contributed by atoms with Crippen LogP contribution in [0.5, 0.6) is 0 Å². The quantitative estimate of drug-likeness (QED) is 0.808. The molecule has 0 unspecified atom stereocenters. The average molecular weight is 297 g/mol. The predicted octanol–water partition coefficient (Wildman–Crippen LogP) is 2.70. The Morgan fingerprint density at radius 2 is 1.86 bits per heavy atom. The Labute approximate surface area is 128 Å². The Balaban J connectivity index is 2.01. The van der Waals surface area contributed by atoms with Gasteiger partial charge >= 0.3 is 0 Å². The third kappa shape index (κ3) is 2.26. The third-order valence-corrected chi connectivity index (χ3v) is 3.83. The largest absolute Gasteiger partial charge is 0.326 e. The van der Waals surface area contributed by atoms with E-state index < -0.39 is 0 Å². The molecule has 1 N–H and O–H groups in total. The molecule has 1 amide bonds. The Morgan fingerprint density at radius 1 is 1.18 bits per heavy atom. The summed E-state index contributed by atoms with van der Waals surface area (Å²) in [6.07, 6.45) is 0.467. The van der Waals surface area contributed by atoms with E-state index >= 15 is 0 Å². The van der Waals surface area contributed by atoms with Gasteiger partial charge in [0.05, 0.1) is 5.69 Å². The molecular weight excluding hydrogens is 278 g/mol. The molecule has 6 nitrogen and oxygen atoms in total. The molecule has 0 fully saturated rings. The first kappa shape index (κ1) is 14.3. The molecule has 0 saturated heterocycles. The third-order valence-electron chi connectivity index (χ3n) is 3.83. The van der Waals surface area contributed by atoms with Crippen LogP contribution >= 0.6 is 0 Å². The van der Waals surface area contributed by atoms with Crippen molar-refractivity contribution in [3.8, 4) is 11.4 Å². The monoisotopic (exact) mass is 297 g/mol. The molecule has 3 aromatic rings. The van der Waals surface area contributed by atoms with Crippen molar-refractivity contribution in [3.63, 3.8) is 0 Å². The van der Waals surface area contributed by atoms with Crippen molar-refractivity contribution >= 4 is 17.2 Å². The van der Waals surface area contributed by atoms with Crippen LogP contribution in [0.1, 0.15) is 24.6 Å². The minimum Gasteiger partial charge on any atom is -0.326 e. The molecule has 0 spiro atoms. The number of carbonyl (C=O) groups excluding carboxylic acids is 1. The maximum absolute atomic E-state index is 11.4. The molecule has 0 aliphatic heterocycles. The number of benzene rings is 1. The lowest BCUT2D eigenvalue weighted by Gasteiger charge is -2.04. The number of fused-ring (bicyclic) bond motifs is 1. The molecule has 0 aliphatic carbocycles. The van der Waals surface area contributed by atoms with Gasteiger partial charge in [-0.1, -0.05) is 6.92 Å². The molecule has 0 bridgehead atoms. The van der Waals surface area contributed by atoms with Gasteiger partial charge in [-0.05, 0) is 38.1 Å². The summed E-state index contributed by atoms with van der Waals surface area (Å²) in [7, 11) is 1.92. The second-order valence-electron chi connectivity index (χ2n) is 5.37. The second kappa shape index (κ2) is 5.29. The number of hydrogen-bond acceptors (Lipinski definition) is 3. The van der Waals surface area contributed by atoms with Crippen LogP contribution in [0.2, 0.25) is 0 Å². The minimum atomic E-state index is 0.00584. The van der Waals surface area contributed by atoms with E-state index in [1.165, 1.54) is 0 Å². The number of rotatable bonds is 3. The van der Waals surface area contributed by atoms with E-state index in [4.69, 9.17) is 0 Å². The van der Waals surface area contributed by atoms with E-state index in [0.29, 0.717) is 6.42 Å². The van der Waals surface area contributed by atoms with Gasteiger partial charge in [-0.25, -0.2) is 4.68 Å². The lowest BCUT2D eigenvalue weighted by molar-refractivity contribution is -0.115. The first-order valence-corrected chi connectivity index (χ1v) is 7.30. The lowest BCUT2D eigenvalue weighted by Crippen LogP contribution is -2.09. The van der Waals surface area contributed by atoms with E-state index in [-0.39, 0.29) is 5.91 Å². The molecular formula is C16H19N5O. The number of carbonyl (C=O) groups is 1. The molecule has 0 atom stereocenters. The lowest BCUT2D eigenvalue weighted by atomic mass is 10.2. The first-order valence-electron chi connectivity index (χ1n) is 7.30. The van der Waals surface area contributed by atoms with Crippen LogP contribution in [0, 0.1) is 13.8 Å². The van der Waals surface area contributed by atoms with E-state index in [2.05, 4.69) is 15.5 Å². The van der Waals surface area contributed by atoms with Crippen LogP contribution in [0.15, 0.2) is 24.3 Å². The van der Waals surface area contributed by atoms with Crippen LogP contribution in [-0.4, -0.2) is 25.3 Å². The van der Waals surface area contributed by atoms with Crippen molar-refractivity contribution < 1.29 is 4.79 Å². The van der Waals surface area contributed by atoms with E-state index in [0.717, 1.165) is 34.0 Å². The molecule has 0 radical (unpaired) electrons. The van der Waals surface area contributed by atoms with Gasteiger partial charge in [0.1, 0.15) is 0 Å². The molecule has 114 valence electrons. The van der Waals surface area contributed by atoms with Gasteiger partial charge in [0, 0.05) is 30.3 Å². The summed E-state index contributed by atoms with van der Waals surface area (Å²) >= 11 is 0. The molecule has 0 aliphatic rings. The standard InChI is InChI=1S/C16H19N5O/c1-5-14(22)17-13-8-6-12(7-9-13)15-19-20(4)16-10(2)11(3)18-21(15)16/h6-9H,5H2,1-4H3,(H,17,22). The summed E-state index contributed by atoms with van der Waals surface area (Å²) in [6.45, 7) is 5.87. The summed E-state index contributed by atoms with van der Waals surface area (Å²) in [5.74, 6) is 0.799. The molecule has 3 rings (SSSR count). The van der Waals surface area contributed by atoms with Crippen LogP contribution in [0.3, 0.4) is 0 Å². The molecule has 2 heterocycles. The normalized spacial score (nSPS) is 11.1. The van der Waals surface area contributed by atoms with E-state index in [9.17, 15) is 4.79 Å². The topological polar surface area (TPSA) is 64.2 Å². The fourth-order valence-electron chi connectivity index (χ4n) is 2.48. The number of hydrogen-bond donors (Lipinski definition) is 1. The number of aromatic nitrogens is 4. The van der Waals surface area contributed by atoms with Gasteiger partial charge in [-0.15, -0.1) is 0 Å². The summed E-state index contributed by atoms with van der Waals surface area (Å²) in [5.41, 5.74) is 4.88. The van der Waals surface area contributed by atoms with E-state index in [1.807, 2.05) is 61.3 Å². The highest BCUT2D eigenvalue weighted by Gasteiger charge is 2.16. The average Bonchev–Trinajstić information content (AvgIpc) is 2.98. The Morgan fingerprint density at radius 3 is 2.50 bits per heavy atom. The molecule has 2 aromatic heterocycles. The Kier molecular flexibility index (Phi) is 3.44. The predicted molar refractivity (Wildman–Crippen MR) is 85.8 cm³/mol. The number of aryl methyl sites for hydroxylation is 3. The van der Waals surface area contributed by atoms with Crippen LogP contribution in [-0.2, 0) is 11.8 Å². The molecule has 6 heteroatoms. The summed E-state index contributed by atoms with van der Waals surface area (Å²) in [5, 5.41) is 12.0. The molecule has 0 saturated carbocycles. The fraction of sp³-hybridized carbons (Fsp3) is 0.312. The smallest absolute Gasteiger partial charge is 0.224 e. The highest BCUT2D eigenvalue weighted by molar-refractivity contribution is 5.90. The van der Waals surface area contributed by atoms with Gasteiger partial charge in [0.15, 0.2) is 11.5 Å². The van der Waals surface area contributed by atoms with Crippen LogP contribution in [0.25, 0.3) is 17.0 Å². The number of anilines is 1. The first-order chi connectivity index (χ1) is 10.5. The number of amides is 1. The maximum Gasteiger partial charge on any atom is 0.224 e. The highest BCUT2D eigenvalue weighted by Crippen LogP contribution is 2.23. The fourth-order valence-corrected chi connectivity index (χ4v) is 2.48. The van der Waals surface area contributed by atoms with Crippen LogP contribution < -0.4 is 5.32 Å². The van der Waals surface area contributed by atoms with Crippen molar-refractivity contribution in [2.24, 2.45) is 7.05 Å². The zero-order chi connectivity index (χ0) is 15.9. The summed E-state index contributed by atoms with van der Waals surface area (Å²) in [6, 6.07) is 7.65. The maximum atomic E-state index is 11.4. The van der Waals surface area contributed by atoms with Gasteiger partial charge in [0.25, 0.3) is 0 Å². The van der Waals surface area contributed by atoms with Crippen LogP contribution in [0.4, 0.5) is 5.69 Å². The van der Waals surface area contributed by atoms with Crippen molar-refractivity contribution in [3.05, 3.63) is 35.5 Å². The van der Waals surface area contributed by atoms with Crippen molar-refractivity contribution in [2.45, 2.75) is 27.2 Å². The van der Waals surface area contributed by atoms with E-state index in [1.54, 1.807) is 0 Å². The van der Waals surface area contributed by atoms with Gasteiger partial charge in [-0.3, -0.25) is 4.79 Å². The minimum absolute atomic E-state index is 0.00584. The van der Waals surface area contributed by atoms with Crippen molar-refractivity contribution in [1.29, 1.82) is 0 Å². The zero-order valence-electron chi connectivity index (χ0n) is 13.2. The van der Waals surface area contributed by atoms with Gasteiger partial charge < -0.3 is 5.32 Å². The van der Waals surface area contributed by atoms with Gasteiger partial charge in [-0.2, -0.15) is 14.7 Å². The van der Waals surface area contributed by atoms with Gasteiger partial charge in [0.2, 0.25) is 5.91 Å². The molecule has 22 heavy (non-hydrogen) atoms. The number of nitrogens with zero attached hydrogens (tertiary/aromatic N) is 4. The van der Waals surface area contributed by atoms with Crippen molar-refractivity contribution in [2.75, 3.05) is 5.32 Å².